The van der Waals surface area contributed by atoms with Gasteiger partial charge in [-0.05, 0) is 5.56 Å². The van der Waals surface area contributed by atoms with Crippen LogP contribution in [0.2, 0.25) is 0 Å². The predicted octanol–water partition coefficient (Wildman–Crippen LogP) is -0.307. The zero-order chi connectivity index (χ0) is 12.3. The third kappa shape index (κ3) is 2.73. The Balaban J connectivity index is 3.12. The van der Waals surface area contributed by atoms with Crippen molar-refractivity contribution in [1.29, 1.82) is 0 Å². The summed E-state index contributed by atoms with van der Waals surface area (Å²) in [5.41, 5.74) is 2.87. The lowest BCUT2D eigenvalue weighted by molar-refractivity contribution is -0.453. The second-order valence-electron chi connectivity index (χ2n) is 3.36. The maximum atomic E-state index is 12.7. The number of carboxylic acids is 1. The molecule has 6 heteroatoms. The van der Waals surface area contributed by atoms with E-state index >= 15 is 0 Å². The number of halogens is 3. The Morgan fingerprint density at radius 1 is 1.25 bits per heavy atom. The summed E-state index contributed by atoms with van der Waals surface area (Å²) in [6.07, 6.45) is -4.66. The number of alkyl halides is 3. The van der Waals surface area contributed by atoms with E-state index in [4.69, 9.17) is 0 Å². The van der Waals surface area contributed by atoms with Gasteiger partial charge in [0.25, 0.3) is 0 Å². The normalized spacial score (nSPS) is 15.5. The smallest absolute Gasteiger partial charge is 0.401 e. The molecule has 3 nitrogen and oxygen atoms in total. The summed E-state index contributed by atoms with van der Waals surface area (Å²) in [5.74, 6) is -3.95. The first-order chi connectivity index (χ1) is 7.34. The molecule has 0 bridgehead atoms. The highest BCUT2D eigenvalue weighted by Crippen LogP contribution is 2.35. The van der Waals surface area contributed by atoms with Crippen molar-refractivity contribution in [3.05, 3.63) is 35.9 Å². The number of rotatable bonds is 3. The zero-order valence-electron chi connectivity index (χ0n) is 8.20. The average molecular weight is 233 g/mol. The molecule has 0 saturated carbocycles. The van der Waals surface area contributed by atoms with Gasteiger partial charge in [0.05, 0.1) is 0 Å². The van der Waals surface area contributed by atoms with Crippen molar-refractivity contribution in [3.63, 3.8) is 0 Å². The number of hydrogen-bond acceptors (Lipinski definition) is 2. The number of carboxylic acid groups (broad SMARTS) is 1. The van der Waals surface area contributed by atoms with Gasteiger partial charge in [-0.15, -0.1) is 0 Å². The zero-order valence-corrected chi connectivity index (χ0v) is 8.20. The molecule has 16 heavy (non-hydrogen) atoms. The van der Waals surface area contributed by atoms with E-state index in [1.54, 1.807) is 6.07 Å². The monoisotopic (exact) mass is 233 g/mol. The molecule has 0 fully saturated rings. The molecule has 1 rings (SSSR count). The van der Waals surface area contributed by atoms with Crippen LogP contribution in [-0.4, -0.2) is 18.2 Å². The van der Waals surface area contributed by atoms with Crippen LogP contribution in [0, 0.1) is 0 Å². The first-order valence-electron chi connectivity index (χ1n) is 4.49. The Morgan fingerprint density at radius 2 is 1.75 bits per heavy atom. The van der Waals surface area contributed by atoms with E-state index in [1.807, 2.05) is 0 Å². The summed E-state index contributed by atoms with van der Waals surface area (Å²) in [7, 11) is 0. The third-order valence-electron chi connectivity index (χ3n) is 2.22. The third-order valence-corrected chi connectivity index (χ3v) is 2.22. The lowest BCUT2D eigenvalue weighted by Crippen LogP contribution is -2.72. The summed E-state index contributed by atoms with van der Waals surface area (Å²) in [5, 5.41) is 10.5. The summed E-state index contributed by atoms with van der Waals surface area (Å²) >= 11 is 0. The fourth-order valence-electron chi connectivity index (χ4n) is 1.45. The molecule has 1 aromatic carbocycles. The van der Waals surface area contributed by atoms with Crippen molar-refractivity contribution in [1.82, 2.24) is 0 Å². The van der Waals surface area contributed by atoms with E-state index in [2.05, 4.69) is 5.73 Å². The number of carbonyl (C=O) groups is 1. The van der Waals surface area contributed by atoms with Gasteiger partial charge in [0.15, 0.2) is 0 Å². The average Bonchev–Trinajstić information content (AvgIpc) is 2.17. The van der Waals surface area contributed by atoms with E-state index in [9.17, 15) is 23.1 Å². The molecule has 0 saturated heterocycles. The molecule has 3 N–H and O–H groups in total. The Kier molecular flexibility index (Phi) is 3.54. The molecule has 0 aliphatic carbocycles. The molecule has 0 amide bonds. The highest BCUT2D eigenvalue weighted by atomic mass is 19.4. The molecule has 0 aromatic heterocycles. The summed E-state index contributed by atoms with van der Waals surface area (Å²) in [6, 6.07) is 4.96. The van der Waals surface area contributed by atoms with Gasteiger partial charge in [0.1, 0.15) is 17.9 Å². The van der Waals surface area contributed by atoms with Crippen molar-refractivity contribution in [3.8, 4) is 0 Å². The maximum Gasteiger partial charge on any atom is 0.401 e. The van der Waals surface area contributed by atoms with Crippen LogP contribution in [0.15, 0.2) is 30.3 Å². The van der Waals surface area contributed by atoms with Crippen LogP contribution < -0.4 is 10.8 Å². The topological polar surface area (TPSA) is 67.8 Å². The van der Waals surface area contributed by atoms with Gasteiger partial charge in [0, 0.05) is 0 Å². The van der Waals surface area contributed by atoms with Crippen molar-refractivity contribution < 1.29 is 28.8 Å². The lowest BCUT2D eigenvalue weighted by atomic mass is 9.91. The van der Waals surface area contributed by atoms with Gasteiger partial charge >= 0.3 is 6.18 Å². The second-order valence-corrected chi connectivity index (χ2v) is 3.36. The molecule has 88 valence electrons. The van der Waals surface area contributed by atoms with Gasteiger partial charge < -0.3 is 15.6 Å². The molecule has 0 aliphatic rings. The minimum atomic E-state index is -4.66. The van der Waals surface area contributed by atoms with Crippen LogP contribution in [0.1, 0.15) is 11.5 Å². The number of hydrogen-bond donors (Lipinski definition) is 1. The van der Waals surface area contributed by atoms with Crippen molar-refractivity contribution in [2.24, 2.45) is 0 Å². The molecular formula is C10H10F3NO2. The SMILES string of the molecule is [NH3+][C@@H](C(=O)[O-])[C@@H](c1ccccc1)C(F)(F)F. The van der Waals surface area contributed by atoms with E-state index in [0.717, 1.165) is 0 Å². The largest absolute Gasteiger partial charge is 0.544 e. The summed E-state index contributed by atoms with van der Waals surface area (Å²) in [4.78, 5) is 10.5. The van der Waals surface area contributed by atoms with Crippen molar-refractivity contribution in [2.45, 2.75) is 18.1 Å². The van der Waals surface area contributed by atoms with E-state index < -0.39 is 24.1 Å². The number of benzene rings is 1. The highest BCUT2D eigenvalue weighted by Gasteiger charge is 2.47. The van der Waals surface area contributed by atoms with Crippen LogP contribution in [0.4, 0.5) is 13.2 Å². The number of carbonyl (C=O) groups excluding carboxylic acids is 1. The van der Waals surface area contributed by atoms with Crippen LogP contribution in [0.25, 0.3) is 0 Å². The summed E-state index contributed by atoms with van der Waals surface area (Å²) in [6.45, 7) is 0. The molecule has 0 unspecified atom stereocenters. The summed E-state index contributed by atoms with van der Waals surface area (Å²) < 4.78 is 38.1. The Hall–Kier alpha value is -1.56. The number of quaternary nitrogens is 1. The van der Waals surface area contributed by atoms with Crippen LogP contribution in [0.3, 0.4) is 0 Å². The van der Waals surface area contributed by atoms with Crippen LogP contribution >= 0.6 is 0 Å². The highest BCUT2D eigenvalue weighted by molar-refractivity contribution is 5.71. The quantitative estimate of drug-likeness (QED) is 0.778. The minimum Gasteiger partial charge on any atom is -0.544 e. The van der Waals surface area contributed by atoms with Gasteiger partial charge in [0.2, 0.25) is 0 Å². The van der Waals surface area contributed by atoms with Crippen LogP contribution in [0.5, 0.6) is 0 Å². The van der Waals surface area contributed by atoms with Gasteiger partial charge in [-0.1, -0.05) is 30.3 Å². The molecule has 0 radical (unpaired) electrons. The maximum absolute atomic E-state index is 12.7. The van der Waals surface area contributed by atoms with Crippen molar-refractivity contribution in [2.75, 3.05) is 0 Å². The standard InChI is InChI=1S/C10H10F3NO2/c11-10(12,13)7(8(14)9(15)16)6-4-2-1-3-5-6/h1-5,7-8H,14H2,(H,15,16)/t7-,8-/m1/s1. The van der Waals surface area contributed by atoms with Gasteiger partial charge in [-0.3, -0.25) is 0 Å². The van der Waals surface area contributed by atoms with Crippen LogP contribution in [-0.2, 0) is 4.79 Å². The fraction of sp³-hybridized carbons (Fsp3) is 0.300. The van der Waals surface area contributed by atoms with Gasteiger partial charge in [-0.25, -0.2) is 0 Å². The Bertz CT molecular complexity index is 364. The molecular weight excluding hydrogens is 223 g/mol. The number of aliphatic carboxylic acids is 1. The van der Waals surface area contributed by atoms with E-state index in [1.165, 1.54) is 24.3 Å². The first-order valence-corrected chi connectivity index (χ1v) is 4.49. The minimum absolute atomic E-state index is 0.126. The molecule has 1 aromatic rings. The fourth-order valence-corrected chi connectivity index (χ4v) is 1.45. The first kappa shape index (κ1) is 12.5. The molecule has 0 aliphatic heterocycles. The van der Waals surface area contributed by atoms with Crippen molar-refractivity contribution >= 4 is 5.97 Å². The molecule has 2 atom stereocenters. The molecule has 0 heterocycles. The van der Waals surface area contributed by atoms with E-state index in [-0.39, 0.29) is 5.56 Å². The second kappa shape index (κ2) is 4.52. The Labute approximate surface area is 89.7 Å². The molecule has 0 spiro atoms. The van der Waals surface area contributed by atoms with E-state index in [0.29, 0.717) is 0 Å². The van der Waals surface area contributed by atoms with Gasteiger partial charge in [-0.2, -0.15) is 13.2 Å². The predicted molar refractivity (Wildman–Crippen MR) is 46.9 cm³/mol. The lowest BCUT2D eigenvalue weighted by Gasteiger charge is -2.24. The Morgan fingerprint density at radius 3 is 2.12 bits per heavy atom.